The minimum Gasteiger partial charge on any atom is -0.429 e. The Hall–Kier alpha value is -2.41. The Morgan fingerprint density at radius 1 is 1.16 bits per heavy atom. The topological polar surface area (TPSA) is 122 Å². The van der Waals surface area contributed by atoms with E-state index in [0.29, 0.717) is 0 Å². The summed E-state index contributed by atoms with van der Waals surface area (Å²) in [5.74, 6) is -1.82. The lowest BCUT2D eigenvalue weighted by Crippen LogP contribution is -2.37. The maximum absolute atomic E-state index is 11.2. The van der Waals surface area contributed by atoms with Gasteiger partial charge < -0.3 is 20.9 Å². The van der Waals surface area contributed by atoms with Crippen molar-refractivity contribution in [1.82, 2.24) is 0 Å². The van der Waals surface area contributed by atoms with Gasteiger partial charge in [0.2, 0.25) is 5.91 Å². The molecule has 0 heterocycles. The van der Waals surface area contributed by atoms with Gasteiger partial charge in [0.25, 0.3) is 0 Å². The lowest BCUT2D eigenvalue weighted by atomic mass is 10.2. The number of nitrogens with two attached hydrogens (primary N) is 2. The Morgan fingerprint density at radius 2 is 1.79 bits per heavy atom. The minimum absolute atomic E-state index is 0.0298. The summed E-state index contributed by atoms with van der Waals surface area (Å²) in [4.78, 5) is 33.0. The van der Waals surface area contributed by atoms with Crippen LogP contribution in [0.15, 0.2) is 30.3 Å². The predicted molar refractivity (Wildman–Crippen MR) is 64.5 cm³/mol. The highest BCUT2D eigenvalue weighted by Crippen LogP contribution is 2.02. The summed E-state index contributed by atoms with van der Waals surface area (Å²) in [6.07, 6.45) is -1.57. The summed E-state index contributed by atoms with van der Waals surface area (Å²) in [5, 5.41) is 0. The van der Waals surface area contributed by atoms with Crippen molar-refractivity contribution in [2.45, 2.75) is 19.1 Å². The number of hydrogen-bond donors (Lipinski definition) is 2. The van der Waals surface area contributed by atoms with Crippen LogP contribution in [0, 0.1) is 0 Å². The van der Waals surface area contributed by atoms with Crippen molar-refractivity contribution in [2.24, 2.45) is 11.5 Å². The average molecular weight is 266 g/mol. The minimum atomic E-state index is -1.28. The molecule has 0 saturated heterocycles. The molecule has 1 amide bonds. The van der Waals surface area contributed by atoms with Crippen LogP contribution in [0.5, 0.6) is 0 Å². The van der Waals surface area contributed by atoms with Gasteiger partial charge in [0.15, 0.2) is 0 Å². The van der Waals surface area contributed by atoms with Gasteiger partial charge in [0.1, 0.15) is 12.6 Å². The van der Waals surface area contributed by atoms with Crippen molar-refractivity contribution >= 4 is 18.0 Å². The summed E-state index contributed by atoms with van der Waals surface area (Å²) in [6, 6.07) is 7.58. The van der Waals surface area contributed by atoms with E-state index in [0.717, 1.165) is 5.56 Å². The molecule has 0 fully saturated rings. The third-order valence-electron chi connectivity index (χ3n) is 2.11. The summed E-state index contributed by atoms with van der Waals surface area (Å²) in [5.41, 5.74) is 10.9. The zero-order chi connectivity index (χ0) is 14.3. The Bertz CT molecular complexity index is 460. The van der Waals surface area contributed by atoms with Crippen molar-refractivity contribution in [2.75, 3.05) is 0 Å². The molecule has 0 spiro atoms. The second-order valence-electron chi connectivity index (χ2n) is 3.72. The summed E-state index contributed by atoms with van der Waals surface area (Å²) in [6.45, 7) is -0.0298. The molecule has 0 unspecified atom stereocenters. The number of rotatable bonds is 5. The first-order valence-corrected chi connectivity index (χ1v) is 5.45. The van der Waals surface area contributed by atoms with E-state index in [2.05, 4.69) is 4.74 Å². The monoisotopic (exact) mass is 266 g/mol. The maximum atomic E-state index is 11.2. The van der Waals surface area contributed by atoms with Gasteiger partial charge in [0, 0.05) is 0 Å². The van der Waals surface area contributed by atoms with Gasteiger partial charge in [-0.1, -0.05) is 30.3 Å². The quantitative estimate of drug-likeness (QED) is 0.574. The van der Waals surface area contributed by atoms with E-state index in [4.69, 9.17) is 16.2 Å². The molecular weight excluding hydrogens is 252 g/mol. The van der Waals surface area contributed by atoms with Crippen LogP contribution < -0.4 is 11.5 Å². The number of ether oxygens (including phenoxy) is 2. The van der Waals surface area contributed by atoms with Crippen LogP contribution in [-0.4, -0.2) is 24.1 Å². The number of primary amides is 1. The van der Waals surface area contributed by atoms with Crippen molar-refractivity contribution in [1.29, 1.82) is 0 Å². The first-order valence-electron chi connectivity index (χ1n) is 5.45. The Labute approximate surface area is 109 Å². The number of amides is 1. The molecule has 7 nitrogen and oxygen atoms in total. The van der Waals surface area contributed by atoms with Crippen LogP contribution in [-0.2, 0) is 25.7 Å². The van der Waals surface area contributed by atoms with E-state index < -0.39 is 30.5 Å². The van der Waals surface area contributed by atoms with Gasteiger partial charge in [-0.15, -0.1) is 0 Å². The highest BCUT2D eigenvalue weighted by atomic mass is 16.7. The molecule has 102 valence electrons. The SMILES string of the molecule is NC(=O)C[C@H](N)C(=O)OC(=O)OCc1ccccc1. The van der Waals surface area contributed by atoms with Crippen LogP contribution >= 0.6 is 0 Å². The smallest absolute Gasteiger partial charge is 0.429 e. The molecule has 1 aromatic carbocycles. The Kier molecular flexibility index (Phi) is 5.49. The largest absolute Gasteiger partial charge is 0.516 e. The first-order chi connectivity index (χ1) is 8.99. The molecule has 0 bridgehead atoms. The van der Waals surface area contributed by atoms with Crippen LogP contribution in [0.1, 0.15) is 12.0 Å². The second kappa shape index (κ2) is 7.12. The molecule has 4 N–H and O–H groups in total. The lowest BCUT2D eigenvalue weighted by Gasteiger charge is -2.08. The van der Waals surface area contributed by atoms with Crippen LogP contribution in [0.3, 0.4) is 0 Å². The molecular formula is C12H14N2O5. The molecule has 0 radical (unpaired) electrons. The van der Waals surface area contributed by atoms with E-state index in [1.165, 1.54) is 0 Å². The summed E-state index contributed by atoms with van der Waals surface area (Å²) >= 11 is 0. The predicted octanol–water partition coefficient (Wildman–Crippen LogP) is 0.0691. The van der Waals surface area contributed by atoms with Gasteiger partial charge >= 0.3 is 12.1 Å². The van der Waals surface area contributed by atoms with Crippen molar-refractivity contribution in [3.05, 3.63) is 35.9 Å². The standard InChI is InChI=1S/C12H14N2O5/c13-9(6-10(14)15)11(16)19-12(17)18-7-8-4-2-1-3-5-8/h1-5,9H,6-7,13H2,(H2,14,15)/t9-/m0/s1. The molecule has 0 saturated carbocycles. The number of benzene rings is 1. The molecule has 0 aliphatic rings. The van der Waals surface area contributed by atoms with Crippen LogP contribution in [0.25, 0.3) is 0 Å². The Balaban J connectivity index is 2.35. The number of carbonyl (C=O) groups is 3. The number of carbonyl (C=O) groups excluding carboxylic acids is 3. The fraction of sp³-hybridized carbons (Fsp3) is 0.250. The Morgan fingerprint density at radius 3 is 2.37 bits per heavy atom. The van der Waals surface area contributed by atoms with Crippen LogP contribution in [0.2, 0.25) is 0 Å². The van der Waals surface area contributed by atoms with Gasteiger partial charge in [-0.05, 0) is 5.56 Å². The van der Waals surface area contributed by atoms with E-state index in [-0.39, 0.29) is 6.61 Å². The molecule has 0 aromatic heterocycles. The third kappa shape index (κ3) is 5.64. The normalized spacial score (nSPS) is 11.4. The molecule has 1 aromatic rings. The zero-order valence-electron chi connectivity index (χ0n) is 10.1. The van der Waals surface area contributed by atoms with Crippen LogP contribution in [0.4, 0.5) is 4.79 Å². The van der Waals surface area contributed by atoms with Crippen molar-refractivity contribution in [3.8, 4) is 0 Å². The average Bonchev–Trinajstić information content (AvgIpc) is 2.36. The van der Waals surface area contributed by atoms with E-state index in [1.54, 1.807) is 24.3 Å². The lowest BCUT2D eigenvalue weighted by molar-refractivity contribution is -0.143. The van der Waals surface area contributed by atoms with Gasteiger partial charge in [-0.2, -0.15) is 0 Å². The number of esters is 1. The summed E-state index contributed by atoms with van der Waals surface area (Å²) < 4.78 is 9.00. The first kappa shape index (κ1) is 14.7. The molecule has 1 rings (SSSR count). The van der Waals surface area contributed by atoms with E-state index in [9.17, 15) is 14.4 Å². The van der Waals surface area contributed by atoms with E-state index in [1.807, 2.05) is 6.07 Å². The summed E-state index contributed by atoms with van der Waals surface area (Å²) in [7, 11) is 0. The highest BCUT2D eigenvalue weighted by molar-refractivity contribution is 5.89. The van der Waals surface area contributed by atoms with Gasteiger partial charge in [0.05, 0.1) is 6.42 Å². The number of hydrogen-bond acceptors (Lipinski definition) is 6. The van der Waals surface area contributed by atoms with Gasteiger partial charge in [-0.3, -0.25) is 4.79 Å². The molecule has 19 heavy (non-hydrogen) atoms. The molecule has 7 heteroatoms. The maximum Gasteiger partial charge on any atom is 0.516 e. The highest BCUT2D eigenvalue weighted by Gasteiger charge is 2.21. The van der Waals surface area contributed by atoms with E-state index >= 15 is 0 Å². The molecule has 0 aliphatic carbocycles. The zero-order valence-corrected chi connectivity index (χ0v) is 10.1. The molecule has 1 atom stereocenters. The fourth-order valence-electron chi connectivity index (χ4n) is 1.20. The van der Waals surface area contributed by atoms with Crippen molar-refractivity contribution in [3.63, 3.8) is 0 Å². The molecule has 0 aliphatic heterocycles. The second-order valence-corrected chi connectivity index (χ2v) is 3.72. The fourth-order valence-corrected chi connectivity index (χ4v) is 1.20. The van der Waals surface area contributed by atoms with Gasteiger partial charge in [-0.25, -0.2) is 9.59 Å². The van der Waals surface area contributed by atoms with Crippen molar-refractivity contribution < 1.29 is 23.9 Å². The third-order valence-corrected chi connectivity index (χ3v) is 2.11.